The zero-order valence-electron chi connectivity index (χ0n) is 10.9. The van der Waals surface area contributed by atoms with Gasteiger partial charge in [-0.2, -0.15) is 4.98 Å². The molecule has 1 fully saturated rings. The van der Waals surface area contributed by atoms with Gasteiger partial charge in [-0.25, -0.2) is 4.79 Å². The predicted molar refractivity (Wildman–Crippen MR) is 67.1 cm³/mol. The third-order valence-electron chi connectivity index (χ3n) is 3.50. The van der Waals surface area contributed by atoms with Crippen molar-refractivity contribution in [1.82, 2.24) is 9.55 Å². The van der Waals surface area contributed by atoms with Crippen molar-refractivity contribution in [2.75, 3.05) is 12.8 Å². The predicted octanol–water partition coefficient (Wildman–Crippen LogP) is 0.784. The van der Waals surface area contributed by atoms with Crippen LogP contribution in [0.25, 0.3) is 0 Å². The number of aromatic nitrogens is 2. The Morgan fingerprint density at radius 3 is 2.89 bits per heavy atom. The monoisotopic (exact) mass is 253 g/mol. The minimum atomic E-state index is -0.435. The van der Waals surface area contributed by atoms with Gasteiger partial charge in [-0.1, -0.05) is 13.8 Å². The number of nitrogen functional groups attached to an aromatic ring is 1. The molecule has 4 unspecified atom stereocenters. The fourth-order valence-electron chi connectivity index (χ4n) is 2.49. The average Bonchev–Trinajstić information content (AvgIpc) is 2.65. The molecule has 0 aromatic carbocycles. The van der Waals surface area contributed by atoms with Crippen LogP contribution in [0, 0.1) is 5.92 Å². The van der Waals surface area contributed by atoms with Crippen LogP contribution in [0.3, 0.4) is 0 Å². The Morgan fingerprint density at radius 1 is 1.61 bits per heavy atom. The van der Waals surface area contributed by atoms with Gasteiger partial charge in [0.25, 0.3) is 0 Å². The van der Waals surface area contributed by atoms with Gasteiger partial charge in [0.15, 0.2) is 6.23 Å². The summed E-state index contributed by atoms with van der Waals surface area (Å²) in [6.45, 7) is 4.12. The summed E-state index contributed by atoms with van der Waals surface area (Å²) in [5, 5.41) is 0. The summed E-state index contributed by atoms with van der Waals surface area (Å²) in [6, 6.07) is 1.58. The summed E-state index contributed by atoms with van der Waals surface area (Å²) in [4.78, 5) is 15.5. The number of methoxy groups -OCH3 is 1. The van der Waals surface area contributed by atoms with E-state index in [0.29, 0.717) is 0 Å². The van der Waals surface area contributed by atoms with Gasteiger partial charge in [-0.15, -0.1) is 0 Å². The van der Waals surface area contributed by atoms with Gasteiger partial charge in [0.2, 0.25) is 0 Å². The number of nitrogens with zero attached hydrogens (tertiary/aromatic N) is 2. The molecule has 0 aliphatic carbocycles. The molecule has 1 aliphatic rings. The highest BCUT2D eigenvalue weighted by molar-refractivity contribution is 5.23. The third kappa shape index (κ3) is 2.13. The first-order valence-corrected chi connectivity index (χ1v) is 6.11. The summed E-state index contributed by atoms with van der Waals surface area (Å²) in [7, 11) is 1.63. The largest absolute Gasteiger partial charge is 0.383 e. The Kier molecular flexibility index (Phi) is 3.68. The Hall–Kier alpha value is -1.40. The summed E-state index contributed by atoms with van der Waals surface area (Å²) in [5.41, 5.74) is 5.07. The second-order valence-corrected chi connectivity index (χ2v) is 4.58. The van der Waals surface area contributed by atoms with Gasteiger partial charge >= 0.3 is 5.69 Å². The zero-order valence-corrected chi connectivity index (χ0v) is 10.9. The maximum absolute atomic E-state index is 11.8. The van der Waals surface area contributed by atoms with Crippen LogP contribution in [-0.2, 0) is 9.47 Å². The number of nitrogens with two attached hydrogens (primary N) is 1. The molecule has 0 saturated carbocycles. The van der Waals surface area contributed by atoms with Crippen molar-refractivity contribution in [2.24, 2.45) is 5.92 Å². The first-order valence-electron chi connectivity index (χ1n) is 6.11. The van der Waals surface area contributed by atoms with Crippen molar-refractivity contribution in [2.45, 2.75) is 38.7 Å². The Labute approximate surface area is 106 Å². The lowest BCUT2D eigenvalue weighted by Gasteiger charge is -2.20. The van der Waals surface area contributed by atoms with Crippen LogP contribution >= 0.6 is 0 Å². The van der Waals surface area contributed by atoms with Gasteiger partial charge in [0.05, 0.1) is 6.10 Å². The molecule has 6 nitrogen and oxygen atoms in total. The lowest BCUT2D eigenvalue weighted by atomic mass is 9.98. The third-order valence-corrected chi connectivity index (χ3v) is 3.50. The van der Waals surface area contributed by atoms with E-state index < -0.39 is 11.9 Å². The van der Waals surface area contributed by atoms with E-state index in [1.54, 1.807) is 19.4 Å². The van der Waals surface area contributed by atoms with E-state index in [4.69, 9.17) is 15.2 Å². The van der Waals surface area contributed by atoms with E-state index in [9.17, 15) is 4.79 Å². The van der Waals surface area contributed by atoms with Crippen LogP contribution in [0.5, 0.6) is 0 Å². The van der Waals surface area contributed by atoms with E-state index in [1.807, 2.05) is 0 Å². The van der Waals surface area contributed by atoms with Crippen molar-refractivity contribution in [3.63, 3.8) is 0 Å². The molecule has 1 saturated heterocycles. The van der Waals surface area contributed by atoms with Crippen LogP contribution in [-0.4, -0.2) is 28.9 Å². The molecule has 6 heteroatoms. The Bertz CT molecular complexity index is 474. The van der Waals surface area contributed by atoms with E-state index in [2.05, 4.69) is 18.8 Å². The topological polar surface area (TPSA) is 79.4 Å². The molecule has 0 spiro atoms. The number of hydrogen-bond donors (Lipinski definition) is 1. The van der Waals surface area contributed by atoms with Crippen LogP contribution < -0.4 is 11.4 Å². The summed E-state index contributed by atoms with van der Waals surface area (Å²) < 4.78 is 12.8. The molecular weight excluding hydrogens is 234 g/mol. The average molecular weight is 253 g/mol. The highest BCUT2D eigenvalue weighted by Crippen LogP contribution is 2.36. The molecule has 18 heavy (non-hydrogen) atoms. The van der Waals surface area contributed by atoms with Crippen molar-refractivity contribution in [1.29, 1.82) is 0 Å². The maximum Gasteiger partial charge on any atom is 0.351 e. The van der Waals surface area contributed by atoms with Crippen LogP contribution in [0.2, 0.25) is 0 Å². The van der Waals surface area contributed by atoms with Gasteiger partial charge in [0.1, 0.15) is 11.9 Å². The fraction of sp³-hybridized carbons (Fsp3) is 0.667. The summed E-state index contributed by atoms with van der Waals surface area (Å²) >= 11 is 0. The Balaban J connectivity index is 2.35. The highest BCUT2D eigenvalue weighted by atomic mass is 16.6. The van der Waals surface area contributed by atoms with E-state index in [-0.39, 0.29) is 23.9 Å². The number of hydrogen-bond acceptors (Lipinski definition) is 5. The standard InChI is InChI=1S/C12H19N3O3/c1-4-8-7(2)10(17-3)11(18-8)15-6-5-9(13)14-12(15)16/h5-8,10-11H,4H2,1-3H3,(H2,13,14,16). The number of anilines is 1. The molecule has 2 rings (SSSR count). The first kappa shape index (κ1) is 13.0. The second kappa shape index (κ2) is 5.07. The minimum Gasteiger partial charge on any atom is -0.383 e. The smallest absolute Gasteiger partial charge is 0.351 e. The Morgan fingerprint density at radius 2 is 2.33 bits per heavy atom. The molecule has 100 valence electrons. The molecule has 0 bridgehead atoms. The molecule has 1 aromatic heterocycles. The second-order valence-electron chi connectivity index (χ2n) is 4.58. The summed E-state index contributed by atoms with van der Waals surface area (Å²) in [6.07, 6.45) is 1.99. The number of ether oxygens (including phenoxy) is 2. The summed E-state index contributed by atoms with van der Waals surface area (Å²) in [5.74, 6) is 0.442. The van der Waals surface area contributed by atoms with Gasteiger partial charge < -0.3 is 15.2 Å². The molecular formula is C12H19N3O3. The molecule has 2 N–H and O–H groups in total. The van der Waals surface area contributed by atoms with Crippen molar-refractivity contribution < 1.29 is 9.47 Å². The molecule has 0 amide bonds. The van der Waals surface area contributed by atoms with Gasteiger partial charge in [-0.05, 0) is 12.5 Å². The maximum atomic E-state index is 11.8. The molecule has 1 aliphatic heterocycles. The van der Waals surface area contributed by atoms with Gasteiger partial charge in [-0.3, -0.25) is 4.57 Å². The zero-order chi connectivity index (χ0) is 13.3. The minimum absolute atomic E-state index is 0.0874. The van der Waals surface area contributed by atoms with Crippen molar-refractivity contribution >= 4 is 5.82 Å². The van der Waals surface area contributed by atoms with Gasteiger partial charge in [0, 0.05) is 19.2 Å². The van der Waals surface area contributed by atoms with Crippen LogP contribution in [0.4, 0.5) is 5.82 Å². The lowest BCUT2D eigenvalue weighted by molar-refractivity contribution is -0.0529. The molecule has 2 heterocycles. The lowest BCUT2D eigenvalue weighted by Crippen LogP contribution is -2.34. The first-order chi connectivity index (χ1) is 8.58. The fourth-order valence-corrected chi connectivity index (χ4v) is 2.49. The van der Waals surface area contributed by atoms with E-state index >= 15 is 0 Å². The quantitative estimate of drug-likeness (QED) is 0.861. The SMILES string of the molecule is CCC1OC(n2ccc(N)nc2=O)C(OC)C1C. The van der Waals surface area contributed by atoms with E-state index in [1.165, 1.54) is 4.57 Å². The molecule has 1 aromatic rings. The normalized spacial score (nSPS) is 31.7. The molecule has 4 atom stereocenters. The molecule has 0 radical (unpaired) electrons. The van der Waals surface area contributed by atoms with Crippen molar-refractivity contribution in [3.8, 4) is 0 Å². The highest BCUT2D eigenvalue weighted by Gasteiger charge is 2.42. The van der Waals surface area contributed by atoms with Crippen LogP contribution in [0.15, 0.2) is 17.1 Å². The van der Waals surface area contributed by atoms with Crippen molar-refractivity contribution in [3.05, 3.63) is 22.7 Å². The number of rotatable bonds is 3. The van der Waals surface area contributed by atoms with Crippen LogP contribution in [0.1, 0.15) is 26.5 Å². The van der Waals surface area contributed by atoms with E-state index in [0.717, 1.165) is 6.42 Å².